The molecule has 0 radical (unpaired) electrons. The Hall–Kier alpha value is 1.75. The zero-order chi connectivity index (χ0) is 4.50. The van der Waals surface area contributed by atoms with Gasteiger partial charge in [-0.25, -0.2) is 0 Å². The third kappa shape index (κ3) is 83.8. The van der Waals surface area contributed by atoms with Crippen molar-refractivity contribution in [2.75, 3.05) is 0 Å². The molecule has 8 N–H and O–H groups in total. The van der Waals surface area contributed by atoms with Crippen LogP contribution in [0.4, 0.5) is 0 Å². The van der Waals surface area contributed by atoms with Gasteiger partial charge in [0, 0.05) is 0 Å². The van der Waals surface area contributed by atoms with Crippen molar-refractivity contribution in [2.45, 2.75) is 0 Å². The minimum absolute atomic E-state index is 0. The van der Waals surface area contributed by atoms with E-state index in [1.165, 1.54) is 0 Å². The van der Waals surface area contributed by atoms with Crippen molar-refractivity contribution in [3.8, 4) is 0 Å². The second-order valence-corrected chi connectivity index (χ2v) is 21.7. The molecule has 0 atom stereocenters. The molecule has 2 nitrogen and oxygen atoms in total. The monoisotopic (exact) mass is 262 g/mol. The SMILES string of the molecule is [NH4+].[NH4+].[S]=[Mo](=[S])([S-])[S-]. The first kappa shape index (κ1) is 15.9. The maximum atomic E-state index is 4.46. The van der Waals surface area contributed by atoms with Crippen LogP contribution in [0.1, 0.15) is 0 Å². The predicted octanol–water partition coefficient (Wildman–Crippen LogP) is 2.04. The van der Waals surface area contributed by atoms with Gasteiger partial charge < -0.3 is 12.3 Å². The van der Waals surface area contributed by atoms with Crippen LogP contribution in [-0.2, 0) is 30.5 Å². The Morgan fingerprint density at radius 1 is 1.00 bits per heavy atom. The topological polar surface area (TPSA) is 73.0 Å². The summed E-state index contributed by atoms with van der Waals surface area (Å²) in [5, 5.41) is 0. The molecular weight excluding hydrogens is 252 g/mol. The zero-order valence-corrected chi connectivity index (χ0v) is 9.31. The second-order valence-electron chi connectivity index (χ2n) is 0.408. The average Bonchev–Trinajstić information content (AvgIpc) is 0.722. The van der Waals surface area contributed by atoms with Gasteiger partial charge in [-0.1, -0.05) is 0 Å². The van der Waals surface area contributed by atoms with Gasteiger partial charge in [0.2, 0.25) is 0 Å². The summed E-state index contributed by atoms with van der Waals surface area (Å²) in [5.74, 6) is 0. The maximum absolute atomic E-state index is 4.46. The van der Waals surface area contributed by atoms with Crippen LogP contribution >= 0.6 is 19.6 Å². The summed E-state index contributed by atoms with van der Waals surface area (Å²) >= 11 is 0. The van der Waals surface area contributed by atoms with Crippen LogP contribution < -0.4 is 12.3 Å². The van der Waals surface area contributed by atoms with Crippen LogP contribution in [0.2, 0.25) is 0 Å². The van der Waals surface area contributed by atoms with E-state index in [-0.39, 0.29) is 12.3 Å². The summed E-state index contributed by atoms with van der Waals surface area (Å²) in [4.78, 5) is 0. The Kier molecular flexibility index (Phi) is 13.3. The summed E-state index contributed by atoms with van der Waals surface area (Å²) in [5.41, 5.74) is 0. The third-order valence-corrected chi connectivity index (χ3v) is 0. The van der Waals surface area contributed by atoms with Crippen molar-refractivity contribution < 1.29 is 9.86 Å². The summed E-state index contributed by atoms with van der Waals surface area (Å²) in [6, 6.07) is 0. The third-order valence-electron chi connectivity index (χ3n) is 0. The van der Waals surface area contributed by atoms with Gasteiger partial charge in [0.05, 0.1) is 0 Å². The number of rotatable bonds is 0. The van der Waals surface area contributed by atoms with Gasteiger partial charge >= 0.3 is 50.2 Å². The van der Waals surface area contributed by atoms with E-state index in [0.717, 1.165) is 0 Å². The summed E-state index contributed by atoms with van der Waals surface area (Å²) < 4.78 is 0. The molecule has 0 saturated carbocycles. The van der Waals surface area contributed by atoms with Gasteiger partial charge in [0.25, 0.3) is 0 Å². The molecule has 48 valence electrons. The van der Waals surface area contributed by atoms with E-state index in [4.69, 9.17) is 0 Å². The fourth-order valence-corrected chi connectivity index (χ4v) is 0. The first-order chi connectivity index (χ1) is 2.00. The van der Waals surface area contributed by atoms with Crippen LogP contribution in [0.15, 0.2) is 0 Å². The Labute approximate surface area is 61.9 Å². The molecule has 0 aliphatic carbocycles. The van der Waals surface area contributed by atoms with Crippen molar-refractivity contribution in [3.63, 3.8) is 0 Å². The van der Waals surface area contributed by atoms with E-state index in [2.05, 4.69) is 40.3 Å². The van der Waals surface area contributed by atoms with E-state index in [1.807, 2.05) is 0 Å². The van der Waals surface area contributed by atoms with Crippen LogP contribution in [-0.4, -0.2) is 0 Å². The van der Waals surface area contributed by atoms with Crippen molar-refractivity contribution in [3.05, 3.63) is 0 Å². The molecule has 0 unspecified atom stereocenters. The normalized spacial score (nSPS) is 8.29. The molecule has 0 spiro atoms. The Bertz CT molecular complexity index is 92.9. The Balaban J connectivity index is -0.0000000800. The fourth-order valence-electron chi connectivity index (χ4n) is 0. The van der Waals surface area contributed by atoms with E-state index >= 15 is 0 Å². The number of hydrogen-bond acceptors (Lipinski definition) is 4. The molecule has 7 heteroatoms. The summed E-state index contributed by atoms with van der Waals surface area (Å²) in [7, 11) is 15.2. The molecule has 7 heavy (non-hydrogen) atoms. The van der Waals surface area contributed by atoms with E-state index in [0.29, 0.717) is 0 Å². The predicted molar refractivity (Wildman–Crippen MR) is 41.9 cm³/mol. The molecule has 0 aliphatic rings. The molecule has 0 aliphatic heterocycles. The first-order valence-corrected chi connectivity index (χ1v) is 11.8. The molecule has 0 aromatic carbocycles. The van der Waals surface area contributed by atoms with Crippen LogP contribution in [0.3, 0.4) is 0 Å². The zero-order valence-electron chi connectivity index (χ0n) is 4.04. The average molecular weight is 260 g/mol. The summed E-state index contributed by atoms with van der Waals surface area (Å²) in [6.07, 6.45) is 0. The van der Waals surface area contributed by atoms with Crippen molar-refractivity contribution in [2.24, 2.45) is 0 Å². The molecule has 0 aromatic rings. The molecule has 0 aromatic heterocycles. The quantitative estimate of drug-likeness (QED) is 0.516. The molecule has 0 rings (SSSR count). The Morgan fingerprint density at radius 2 is 1.00 bits per heavy atom. The van der Waals surface area contributed by atoms with Crippen molar-refractivity contribution in [1.29, 1.82) is 0 Å². The molecule has 0 amide bonds. The number of hydrogen-bond donors (Lipinski definition) is 2. The van der Waals surface area contributed by atoms with Gasteiger partial charge in [-0.3, -0.25) is 0 Å². The molecular formula is H8MoN2S4. The van der Waals surface area contributed by atoms with Crippen molar-refractivity contribution >= 4 is 40.3 Å². The van der Waals surface area contributed by atoms with Crippen LogP contribution in [0, 0.1) is 0 Å². The summed E-state index contributed by atoms with van der Waals surface area (Å²) in [6.45, 7) is 0. The molecule has 0 fully saturated rings. The Morgan fingerprint density at radius 3 is 1.00 bits per heavy atom. The van der Waals surface area contributed by atoms with E-state index < -0.39 is 9.86 Å². The van der Waals surface area contributed by atoms with Crippen LogP contribution in [0.25, 0.3) is 0 Å². The minimum atomic E-state index is -2.69. The van der Waals surface area contributed by atoms with Crippen LogP contribution in [0.5, 0.6) is 0 Å². The van der Waals surface area contributed by atoms with Gasteiger partial charge in [-0.2, -0.15) is 0 Å². The van der Waals surface area contributed by atoms with Gasteiger partial charge in [-0.15, -0.1) is 0 Å². The second kappa shape index (κ2) is 5.88. The van der Waals surface area contributed by atoms with Gasteiger partial charge in [0.1, 0.15) is 0 Å². The first-order valence-electron chi connectivity index (χ1n) is 0.667. The molecule has 0 bridgehead atoms. The van der Waals surface area contributed by atoms with Gasteiger partial charge in [0.15, 0.2) is 0 Å². The molecule has 0 heterocycles. The fraction of sp³-hybridized carbons (Fsp3) is 0. The van der Waals surface area contributed by atoms with E-state index in [1.54, 1.807) is 0 Å². The molecule has 0 saturated heterocycles. The van der Waals surface area contributed by atoms with Crippen molar-refractivity contribution in [1.82, 2.24) is 12.3 Å². The number of quaternary nitrogens is 2. The van der Waals surface area contributed by atoms with Gasteiger partial charge in [-0.05, 0) is 0 Å². The van der Waals surface area contributed by atoms with E-state index in [9.17, 15) is 0 Å². The standard InChI is InChI=1S/Mo.2H3N.4S/h;2*1H3;;;;/q;;;;;2*-1/p+2.